The molecule has 3 rings (SSSR count). The Morgan fingerprint density at radius 1 is 1.00 bits per heavy atom. The van der Waals surface area contributed by atoms with Crippen molar-refractivity contribution in [2.24, 2.45) is 11.5 Å². The summed E-state index contributed by atoms with van der Waals surface area (Å²) in [6.07, 6.45) is -0.224. The van der Waals surface area contributed by atoms with E-state index < -0.39 is 29.5 Å². The van der Waals surface area contributed by atoms with Gasteiger partial charge in [-0.2, -0.15) is 0 Å². The fraction of sp³-hybridized carbons (Fsp3) is 0.318. The van der Waals surface area contributed by atoms with Gasteiger partial charge in [0.25, 0.3) is 0 Å². The SMILES string of the molecule is NC(CCCC(N)(C(=O)O)C(=O)OCC1c2ccccc2-c2ccccc21)C(=O)O. The Morgan fingerprint density at radius 2 is 1.53 bits per heavy atom. The Hall–Kier alpha value is -3.23. The van der Waals surface area contributed by atoms with Gasteiger partial charge in [-0.15, -0.1) is 0 Å². The van der Waals surface area contributed by atoms with Crippen molar-refractivity contribution in [2.45, 2.75) is 36.8 Å². The first-order chi connectivity index (χ1) is 14.3. The lowest BCUT2D eigenvalue weighted by atomic mass is 9.92. The molecule has 2 aromatic rings. The second-order valence-corrected chi connectivity index (χ2v) is 7.44. The van der Waals surface area contributed by atoms with Gasteiger partial charge in [-0.05, 0) is 41.5 Å². The molecular weight excluding hydrogens is 388 g/mol. The molecule has 0 bridgehead atoms. The number of rotatable bonds is 9. The zero-order valence-corrected chi connectivity index (χ0v) is 16.3. The summed E-state index contributed by atoms with van der Waals surface area (Å²) in [6.45, 7) is -0.0479. The number of carbonyl (C=O) groups excluding carboxylic acids is 1. The summed E-state index contributed by atoms with van der Waals surface area (Å²) < 4.78 is 5.38. The average molecular weight is 412 g/mol. The highest BCUT2D eigenvalue weighted by Gasteiger charge is 2.44. The van der Waals surface area contributed by atoms with Gasteiger partial charge >= 0.3 is 17.9 Å². The summed E-state index contributed by atoms with van der Waals surface area (Å²) in [5, 5.41) is 18.3. The molecule has 2 aromatic carbocycles. The minimum atomic E-state index is -2.27. The first-order valence-electron chi connectivity index (χ1n) is 9.62. The number of aliphatic carboxylic acids is 2. The molecule has 1 aliphatic carbocycles. The van der Waals surface area contributed by atoms with Crippen molar-refractivity contribution in [2.75, 3.05) is 6.61 Å². The quantitative estimate of drug-likeness (QED) is 0.359. The van der Waals surface area contributed by atoms with Crippen LogP contribution in [0.2, 0.25) is 0 Å². The van der Waals surface area contributed by atoms with Crippen molar-refractivity contribution in [1.29, 1.82) is 0 Å². The average Bonchev–Trinajstić information content (AvgIpc) is 3.05. The first-order valence-corrected chi connectivity index (χ1v) is 9.62. The van der Waals surface area contributed by atoms with Gasteiger partial charge in [0.1, 0.15) is 12.6 Å². The molecule has 8 nitrogen and oxygen atoms in total. The molecule has 0 spiro atoms. The molecule has 0 radical (unpaired) electrons. The molecule has 0 saturated heterocycles. The number of hydrogen-bond acceptors (Lipinski definition) is 6. The third-order valence-electron chi connectivity index (χ3n) is 5.49. The number of esters is 1. The number of hydrogen-bond donors (Lipinski definition) is 4. The fourth-order valence-electron chi connectivity index (χ4n) is 3.75. The van der Waals surface area contributed by atoms with E-state index in [-0.39, 0.29) is 31.8 Å². The van der Waals surface area contributed by atoms with Crippen molar-refractivity contribution >= 4 is 17.9 Å². The molecule has 0 saturated carbocycles. The van der Waals surface area contributed by atoms with Crippen molar-refractivity contribution in [1.82, 2.24) is 0 Å². The van der Waals surface area contributed by atoms with Crippen LogP contribution in [0.5, 0.6) is 0 Å². The summed E-state index contributed by atoms with van der Waals surface area (Å²) in [6, 6.07) is 14.4. The lowest BCUT2D eigenvalue weighted by molar-refractivity contribution is -0.161. The number of carboxylic acids is 2. The molecule has 0 fully saturated rings. The normalized spacial score (nSPS) is 15.5. The van der Waals surface area contributed by atoms with Gasteiger partial charge in [0, 0.05) is 5.92 Å². The first kappa shape index (κ1) is 21.5. The molecule has 158 valence electrons. The van der Waals surface area contributed by atoms with Crippen LogP contribution in [0, 0.1) is 0 Å². The molecule has 1 aliphatic rings. The van der Waals surface area contributed by atoms with Crippen LogP contribution >= 0.6 is 0 Å². The largest absolute Gasteiger partial charge is 0.480 e. The third kappa shape index (κ3) is 4.05. The van der Waals surface area contributed by atoms with Crippen LogP contribution in [0.15, 0.2) is 48.5 Å². The molecule has 2 unspecified atom stereocenters. The summed E-state index contributed by atoms with van der Waals surface area (Å²) in [5.74, 6) is -4.00. The number of fused-ring (bicyclic) bond motifs is 3. The highest BCUT2D eigenvalue weighted by atomic mass is 16.5. The Balaban J connectivity index is 1.71. The molecule has 30 heavy (non-hydrogen) atoms. The molecule has 0 amide bonds. The van der Waals surface area contributed by atoms with Crippen LogP contribution in [-0.4, -0.2) is 46.3 Å². The van der Waals surface area contributed by atoms with Crippen molar-refractivity contribution in [3.05, 3.63) is 59.7 Å². The van der Waals surface area contributed by atoms with Crippen LogP contribution in [0.1, 0.15) is 36.3 Å². The zero-order chi connectivity index (χ0) is 21.9. The second-order valence-electron chi connectivity index (χ2n) is 7.44. The maximum Gasteiger partial charge on any atom is 0.337 e. The Labute approximate surface area is 173 Å². The Kier molecular flexibility index (Phi) is 6.19. The van der Waals surface area contributed by atoms with Gasteiger partial charge < -0.3 is 26.4 Å². The number of ether oxygens (including phenoxy) is 1. The van der Waals surface area contributed by atoms with E-state index in [1.807, 2.05) is 48.5 Å². The Morgan fingerprint density at radius 3 is 2.03 bits per heavy atom. The maximum absolute atomic E-state index is 12.6. The topological polar surface area (TPSA) is 153 Å². The lowest BCUT2D eigenvalue weighted by Gasteiger charge is -2.24. The smallest absolute Gasteiger partial charge is 0.337 e. The van der Waals surface area contributed by atoms with Gasteiger partial charge in [0.2, 0.25) is 5.54 Å². The van der Waals surface area contributed by atoms with Crippen molar-refractivity contribution in [3.63, 3.8) is 0 Å². The number of nitrogens with two attached hydrogens (primary N) is 2. The number of carbonyl (C=O) groups is 3. The lowest BCUT2D eigenvalue weighted by Crippen LogP contribution is -2.56. The highest BCUT2D eigenvalue weighted by Crippen LogP contribution is 2.44. The second kappa shape index (κ2) is 8.64. The van der Waals surface area contributed by atoms with Crippen molar-refractivity contribution in [3.8, 4) is 11.1 Å². The van der Waals surface area contributed by atoms with Gasteiger partial charge in [0.05, 0.1) is 0 Å². The monoisotopic (exact) mass is 412 g/mol. The molecule has 0 aliphatic heterocycles. The summed E-state index contributed by atoms with van der Waals surface area (Å²) >= 11 is 0. The van der Waals surface area contributed by atoms with Crippen LogP contribution < -0.4 is 11.5 Å². The minimum Gasteiger partial charge on any atom is -0.480 e. The molecule has 8 heteroatoms. The van der Waals surface area contributed by atoms with E-state index in [2.05, 4.69) is 0 Å². The van der Waals surface area contributed by atoms with Crippen LogP contribution in [0.3, 0.4) is 0 Å². The Bertz CT molecular complexity index is 930. The van der Waals surface area contributed by atoms with E-state index in [1.165, 1.54) is 0 Å². The van der Waals surface area contributed by atoms with Crippen LogP contribution in [0.4, 0.5) is 0 Å². The van der Waals surface area contributed by atoms with Gasteiger partial charge in [0.15, 0.2) is 0 Å². The highest BCUT2D eigenvalue weighted by molar-refractivity contribution is 6.03. The molecule has 2 atom stereocenters. The third-order valence-corrected chi connectivity index (χ3v) is 5.49. The molecular formula is C22H24N2O6. The standard InChI is InChI=1S/C22H24N2O6/c23-18(19(25)26)10-5-11-22(24,20(27)28)21(29)30-12-17-15-8-3-1-6-13(15)14-7-2-4-9-16(14)17/h1-4,6-9,17-18H,5,10-12,23-24H2,(H,25,26)(H,27,28). The fourth-order valence-corrected chi connectivity index (χ4v) is 3.75. The zero-order valence-electron chi connectivity index (χ0n) is 16.3. The summed E-state index contributed by atoms with van der Waals surface area (Å²) in [4.78, 5) is 35.1. The predicted octanol–water partition coefficient (Wildman–Crippen LogP) is 1.71. The van der Waals surface area contributed by atoms with Crippen molar-refractivity contribution < 1.29 is 29.3 Å². The van der Waals surface area contributed by atoms with E-state index in [4.69, 9.17) is 21.3 Å². The summed E-state index contributed by atoms with van der Waals surface area (Å²) in [7, 11) is 0. The van der Waals surface area contributed by atoms with E-state index in [9.17, 15) is 19.5 Å². The molecule has 0 aromatic heterocycles. The molecule has 0 heterocycles. The van der Waals surface area contributed by atoms with Gasteiger partial charge in [-0.1, -0.05) is 48.5 Å². The number of carboxylic acid groups (broad SMARTS) is 2. The van der Waals surface area contributed by atoms with E-state index in [0.717, 1.165) is 22.3 Å². The van der Waals surface area contributed by atoms with E-state index in [0.29, 0.717) is 0 Å². The summed E-state index contributed by atoms with van der Waals surface area (Å²) in [5.41, 5.74) is 13.1. The van der Waals surface area contributed by atoms with E-state index in [1.54, 1.807) is 0 Å². The van der Waals surface area contributed by atoms with E-state index >= 15 is 0 Å². The van der Waals surface area contributed by atoms with Gasteiger partial charge in [-0.25, -0.2) is 9.59 Å². The predicted molar refractivity (Wildman–Crippen MR) is 109 cm³/mol. The minimum absolute atomic E-state index is 0.00177. The van der Waals surface area contributed by atoms with Crippen LogP contribution in [-0.2, 0) is 19.1 Å². The maximum atomic E-state index is 12.6. The number of benzene rings is 2. The van der Waals surface area contributed by atoms with Crippen LogP contribution in [0.25, 0.3) is 11.1 Å². The molecule has 6 N–H and O–H groups in total. The van der Waals surface area contributed by atoms with Gasteiger partial charge in [-0.3, -0.25) is 4.79 Å².